The molecule has 2 aromatic rings. The monoisotopic (exact) mass is 329 g/mol. The zero-order valence-corrected chi connectivity index (χ0v) is 12.7. The minimum Gasteiger partial charge on any atom is -0.372 e. The van der Waals surface area contributed by atoms with Gasteiger partial charge in [-0.3, -0.25) is 9.69 Å². The van der Waals surface area contributed by atoms with Crippen LogP contribution in [0, 0.1) is 0 Å². The second-order valence-corrected chi connectivity index (χ2v) is 5.29. The van der Waals surface area contributed by atoms with Gasteiger partial charge in [-0.05, 0) is 25.6 Å². The Balaban J connectivity index is 1.84. The Bertz CT molecular complexity index is 700. The molecule has 0 spiro atoms. The molecule has 1 heterocycles. The van der Waals surface area contributed by atoms with Gasteiger partial charge in [-0.25, -0.2) is 4.98 Å². The zero-order valence-electron chi connectivity index (χ0n) is 12.7. The number of alkyl halides is 3. The third kappa shape index (κ3) is 5.65. The van der Waals surface area contributed by atoms with E-state index in [1.165, 1.54) is 0 Å². The molecule has 23 heavy (non-hydrogen) atoms. The summed E-state index contributed by atoms with van der Waals surface area (Å²) >= 11 is 0. The van der Waals surface area contributed by atoms with Gasteiger partial charge in [-0.15, -0.1) is 0 Å². The van der Waals surface area contributed by atoms with Crippen molar-refractivity contribution in [2.45, 2.75) is 19.1 Å². The van der Waals surface area contributed by atoms with E-state index in [1.807, 2.05) is 4.90 Å². The molecule has 2 rings (SSSR count). The van der Waals surface area contributed by atoms with Gasteiger partial charge < -0.3 is 9.72 Å². The summed E-state index contributed by atoms with van der Waals surface area (Å²) < 4.78 is 40.3. The topological polar surface area (TPSA) is 58.2 Å². The van der Waals surface area contributed by atoms with Crippen LogP contribution in [0.25, 0.3) is 10.9 Å². The van der Waals surface area contributed by atoms with Crippen LogP contribution >= 0.6 is 0 Å². The summed E-state index contributed by atoms with van der Waals surface area (Å²) in [5.74, 6) is 0.521. The summed E-state index contributed by atoms with van der Waals surface area (Å²) in [5, 5.41) is 0.527. The molecule has 0 amide bonds. The minimum absolute atomic E-state index is 0.0333. The second-order valence-electron chi connectivity index (χ2n) is 5.29. The van der Waals surface area contributed by atoms with Crippen molar-refractivity contribution in [1.29, 1.82) is 0 Å². The molecule has 0 atom stereocenters. The lowest BCUT2D eigenvalue weighted by atomic mass is 10.2. The molecule has 1 N–H and O–H groups in total. The van der Waals surface area contributed by atoms with Crippen molar-refractivity contribution in [2.75, 3.05) is 26.8 Å². The molecule has 0 fully saturated rings. The molecule has 0 radical (unpaired) electrons. The lowest BCUT2D eigenvalue weighted by molar-refractivity contribution is -0.174. The third-order valence-electron chi connectivity index (χ3n) is 3.18. The molecular weight excluding hydrogens is 311 g/mol. The van der Waals surface area contributed by atoms with E-state index >= 15 is 0 Å². The molecule has 0 aliphatic rings. The highest BCUT2D eigenvalue weighted by atomic mass is 19.4. The van der Waals surface area contributed by atoms with Gasteiger partial charge in [0.15, 0.2) is 0 Å². The Morgan fingerprint density at radius 2 is 2.04 bits per heavy atom. The third-order valence-corrected chi connectivity index (χ3v) is 3.18. The van der Waals surface area contributed by atoms with Gasteiger partial charge in [0.25, 0.3) is 5.56 Å². The molecule has 5 nitrogen and oxygen atoms in total. The first kappa shape index (κ1) is 17.4. The number of ether oxygens (including phenoxy) is 1. The second kappa shape index (κ2) is 7.56. The highest BCUT2D eigenvalue weighted by Gasteiger charge is 2.27. The summed E-state index contributed by atoms with van der Waals surface area (Å²) in [4.78, 5) is 20.9. The summed E-state index contributed by atoms with van der Waals surface area (Å²) in [6, 6.07) is 7.04. The van der Waals surface area contributed by atoms with Crippen LogP contribution in [0.3, 0.4) is 0 Å². The van der Waals surface area contributed by atoms with Crippen LogP contribution in [-0.4, -0.2) is 47.9 Å². The summed E-state index contributed by atoms with van der Waals surface area (Å²) in [6.45, 7) is -0.254. The van der Waals surface area contributed by atoms with Crippen molar-refractivity contribution in [2.24, 2.45) is 0 Å². The maximum atomic E-state index is 11.9. The number of nitrogens with one attached hydrogen (secondary N) is 1. The number of H-pyrrole nitrogens is 1. The highest BCUT2D eigenvalue weighted by molar-refractivity contribution is 5.77. The largest absolute Gasteiger partial charge is 0.411 e. The van der Waals surface area contributed by atoms with Crippen molar-refractivity contribution in [3.8, 4) is 0 Å². The highest BCUT2D eigenvalue weighted by Crippen LogP contribution is 2.14. The van der Waals surface area contributed by atoms with Crippen molar-refractivity contribution < 1.29 is 17.9 Å². The Hall–Kier alpha value is -1.93. The van der Waals surface area contributed by atoms with Crippen molar-refractivity contribution in [1.82, 2.24) is 14.9 Å². The summed E-state index contributed by atoms with van der Waals surface area (Å²) in [5.41, 5.74) is 0.417. The van der Waals surface area contributed by atoms with Gasteiger partial charge in [0.05, 0.1) is 17.4 Å². The normalized spacial score (nSPS) is 12.2. The van der Waals surface area contributed by atoms with Gasteiger partial charge in [0.2, 0.25) is 0 Å². The molecule has 1 aromatic heterocycles. The fourth-order valence-corrected chi connectivity index (χ4v) is 2.17. The molecular formula is C15H18F3N3O2. The molecule has 0 unspecified atom stereocenters. The first-order valence-corrected chi connectivity index (χ1v) is 7.16. The number of rotatable bonds is 7. The Morgan fingerprint density at radius 1 is 1.30 bits per heavy atom. The predicted molar refractivity (Wildman–Crippen MR) is 80.2 cm³/mol. The predicted octanol–water partition coefficient (Wildman–Crippen LogP) is 2.32. The Morgan fingerprint density at radius 3 is 2.78 bits per heavy atom. The van der Waals surface area contributed by atoms with Crippen LogP contribution in [0.4, 0.5) is 13.2 Å². The van der Waals surface area contributed by atoms with E-state index < -0.39 is 12.8 Å². The van der Waals surface area contributed by atoms with Gasteiger partial charge in [0, 0.05) is 13.2 Å². The quantitative estimate of drug-likeness (QED) is 0.792. The molecule has 126 valence electrons. The first-order chi connectivity index (χ1) is 10.8. The molecule has 0 aliphatic heterocycles. The van der Waals surface area contributed by atoms with Crippen LogP contribution in [-0.2, 0) is 11.3 Å². The van der Waals surface area contributed by atoms with Crippen LogP contribution in [0.5, 0.6) is 0 Å². The van der Waals surface area contributed by atoms with Gasteiger partial charge >= 0.3 is 6.18 Å². The van der Waals surface area contributed by atoms with Crippen molar-refractivity contribution in [3.05, 3.63) is 40.4 Å². The van der Waals surface area contributed by atoms with E-state index in [4.69, 9.17) is 0 Å². The number of halogens is 3. The maximum absolute atomic E-state index is 11.9. The molecule has 1 aromatic carbocycles. The smallest absolute Gasteiger partial charge is 0.372 e. The van der Waals surface area contributed by atoms with Crippen molar-refractivity contribution >= 4 is 10.9 Å². The lowest BCUT2D eigenvalue weighted by Gasteiger charge is -2.16. The van der Waals surface area contributed by atoms with E-state index in [0.717, 1.165) is 0 Å². The van der Waals surface area contributed by atoms with E-state index in [9.17, 15) is 18.0 Å². The van der Waals surface area contributed by atoms with Gasteiger partial charge in [-0.1, -0.05) is 12.1 Å². The summed E-state index contributed by atoms with van der Waals surface area (Å²) in [6.07, 6.45) is -3.83. The van der Waals surface area contributed by atoms with Crippen LogP contribution in [0.2, 0.25) is 0 Å². The Labute approximate surface area is 131 Å². The number of hydrogen-bond acceptors (Lipinski definition) is 4. The number of benzene rings is 1. The van der Waals surface area contributed by atoms with E-state index in [-0.39, 0.29) is 12.2 Å². The standard InChI is InChI=1S/C15H18F3N3O2/c1-21(7-4-8-23-10-15(16,17)18)9-13-19-12-6-3-2-5-11(12)14(22)20-13/h2-3,5-6H,4,7-10H2,1H3,(H,19,20,22). The summed E-state index contributed by atoms with van der Waals surface area (Å²) in [7, 11) is 1.80. The molecule has 0 bridgehead atoms. The fraction of sp³-hybridized carbons (Fsp3) is 0.467. The van der Waals surface area contributed by atoms with Crippen LogP contribution < -0.4 is 5.56 Å². The molecule has 0 saturated carbocycles. The number of nitrogens with zero attached hydrogens (tertiary/aromatic N) is 2. The van der Waals surface area contributed by atoms with Gasteiger partial charge in [0.1, 0.15) is 12.4 Å². The molecule has 8 heteroatoms. The number of aromatic amines is 1. The maximum Gasteiger partial charge on any atom is 0.411 e. The van der Waals surface area contributed by atoms with E-state index in [2.05, 4.69) is 14.7 Å². The zero-order chi connectivity index (χ0) is 16.9. The lowest BCUT2D eigenvalue weighted by Crippen LogP contribution is -2.24. The fourth-order valence-electron chi connectivity index (χ4n) is 2.17. The number of fused-ring (bicyclic) bond motifs is 1. The number of para-hydroxylation sites is 1. The van der Waals surface area contributed by atoms with Crippen LogP contribution in [0.15, 0.2) is 29.1 Å². The average molecular weight is 329 g/mol. The Kier molecular flexibility index (Phi) is 5.73. The molecule has 0 saturated heterocycles. The van der Waals surface area contributed by atoms with E-state index in [1.54, 1.807) is 31.3 Å². The van der Waals surface area contributed by atoms with Crippen LogP contribution in [0.1, 0.15) is 12.2 Å². The van der Waals surface area contributed by atoms with E-state index in [0.29, 0.717) is 36.2 Å². The minimum atomic E-state index is -4.29. The number of aromatic nitrogens is 2. The first-order valence-electron chi connectivity index (χ1n) is 7.16. The molecule has 0 aliphatic carbocycles. The SMILES string of the molecule is CN(CCCOCC(F)(F)F)Cc1nc2ccccc2c(=O)[nH]1. The van der Waals surface area contributed by atoms with Gasteiger partial charge in [-0.2, -0.15) is 13.2 Å². The van der Waals surface area contributed by atoms with Crippen molar-refractivity contribution in [3.63, 3.8) is 0 Å². The average Bonchev–Trinajstić information content (AvgIpc) is 2.45. The number of hydrogen-bond donors (Lipinski definition) is 1.